The number of likely N-dealkylation sites (N-methyl/N-ethyl adjacent to an activating group) is 1. The van der Waals surface area contributed by atoms with Crippen LogP contribution in [0.25, 0.3) is 0 Å². The molecule has 0 bridgehead atoms. The molecule has 0 atom stereocenters. The number of rotatable bonds is 4. The highest BCUT2D eigenvalue weighted by molar-refractivity contribution is 5.93. The van der Waals surface area contributed by atoms with Crippen LogP contribution in [0.15, 0.2) is 36.9 Å². The summed E-state index contributed by atoms with van der Waals surface area (Å²) in [6.07, 6.45) is 4.93. The summed E-state index contributed by atoms with van der Waals surface area (Å²) in [7, 11) is 2.06. The number of aromatic nitrogens is 3. The normalized spacial score (nSPS) is 15.4. The van der Waals surface area contributed by atoms with Crippen LogP contribution in [0.2, 0.25) is 0 Å². The topological polar surface area (TPSA) is 74.2 Å². The Morgan fingerprint density at radius 1 is 1.17 bits per heavy atom. The van der Waals surface area contributed by atoms with Crippen molar-refractivity contribution >= 4 is 11.7 Å². The van der Waals surface area contributed by atoms with Crippen LogP contribution < -0.4 is 5.32 Å². The van der Waals surface area contributed by atoms with E-state index in [4.69, 9.17) is 0 Å². The number of hydrogen-bond donors (Lipinski definition) is 1. The van der Waals surface area contributed by atoms with Gasteiger partial charge in [0.2, 0.25) is 0 Å². The highest BCUT2D eigenvalue weighted by Gasteiger charge is 2.21. The molecule has 0 unspecified atom stereocenters. The fourth-order valence-corrected chi connectivity index (χ4v) is 2.44. The summed E-state index contributed by atoms with van der Waals surface area (Å²) >= 11 is 0. The Morgan fingerprint density at radius 3 is 2.65 bits per heavy atom. The van der Waals surface area contributed by atoms with E-state index in [1.54, 1.807) is 18.5 Å². The second-order valence-electron chi connectivity index (χ2n) is 5.59. The number of piperazine rings is 1. The summed E-state index contributed by atoms with van der Waals surface area (Å²) in [4.78, 5) is 28.9. The molecule has 1 N–H and O–H groups in total. The summed E-state index contributed by atoms with van der Waals surface area (Å²) in [6, 6.07) is 5.58. The van der Waals surface area contributed by atoms with Gasteiger partial charge in [0.1, 0.15) is 17.8 Å². The van der Waals surface area contributed by atoms with Gasteiger partial charge in [-0.25, -0.2) is 9.97 Å². The Bertz CT molecular complexity index is 655. The van der Waals surface area contributed by atoms with Gasteiger partial charge in [0.25, 0.3) is 5.91 Å². The molecule has 0 aliphatic carbocycles. The first-order valence-electron chi connectivity index (χ1n) is 7.65. The van der Waals surface area contributed by atoms with Crippen molar-refractivity contribution < 1.29 is 4.79 Å². The zero-order valence-electron chi connectivity index (χ0n) is 13.1. The number of pyridine rings is 1. The van der Waals surface area contributed by atoms with Gasteiger partial charge in [0.05, 0.1) is 0 Å². The Morgan fingerprint density at radius 2 is 1.91 bits per heavy atom. The second kappa shape index (κ2) is 7.15. The second-order valence-corrected chi connectivity index (χ2v) is 5.59. The Labute approximate surface area is 135 Å². The van der Waals surface area contributed by atoms with E-state index in [1.165, 1.54) is 6.33 Å². The van der Waals surface area contributed by atoms with Crippen molar-refractivity contribution in [1.82, 2.24) is 24.8 Å². The van der Waals surface area contributed by atoms with Gasteiger partial charge < -0.3 is 15.1 Å². The number of carbonyl (C=O) groups is 1. The largest absolute Gasteiger partial charge is 0.366 e. The van der Waals surface area contributed by atoms with Crippen LogP contribution in [0, 0.1) is 0 Å². The minimum Gasteiger partial charge on any atom is -0.366 e. The predicted molar refractivity (Wildman–Crippen MR) is 87.0 cm³/mol. The van der Waals surface area contributed by atoms with E-state index in [9.17, 15) is 4.79 Å². The van der Waals surface area contributed by atoms with Crippen molar-refractivity contribution in [3.05, 3.63) is 48.2 Å². The van der Waals surface area contributed by atoms with E-state index in [0.29, 0.717) is 18.1 Å². The zero-order valence-corrected chi connectivity index (χ0v) is 13.1. The molecule has 7 heteroatoms. The average Bonchev–Trinajstić information content (AvgIpc) is 2.61. The van der Waals surface area contributed by atoms with Crippen molar-refractivity contribution in [3.63, 3.8) is 0 Å². The van der Waals surface area contributed by atoms with Gasteiger partial charge in [-0.05, 0) is 24.7 Å². The summed E-state index contributed by atoms with van der Waals surface area (Å²) in [6.45, 7) is 3.88. The summed E-state index contributed by atoms with van der Waals surface area (Å²) in [5, 5.41) is 3.21. The first kappa shape index (κ1) is 15.4. The monoisotopic (exact) mass is 312 g/mol. The molecule has 2 aromatic rings. The third-order valence-electron chi connectivity index (χ3n) is 3.90. The van der Waals surface area contributed by atoms with Gasteiger partial charge in [-0.2, -0.15) is 0 Å². The molecule has 1 fully saturated rings. The number of nitrogens with zero attached hydrogens (tertiary/aromatic N) is 5. The minimum atomic E-state index is -0.0348. The van der Waals surface area contributed by atoms with Crippen LogP contribution in [-0.2, 0) is 6.54 Å². The maximum atomic E-state index is 12.5. The van der Waals surface area contributed by atoms with Crippen LogP contribution in [0.4, 0.5) is 5.82 Å². The Hall–Kier alpha value is -2.54. The van der Waals surface area contributed by atoms with E-state index >= 15 is 0 Å². The van der Waals surface area contributed by atoms with Gasteiger partial charge >= 0.3 is 0 Å². The minimum absolute atomic E-state index is 0.0348. The predicted octanol–water partition coefficient (Wildman–Crippen LogP) is 0.871. The molecule has 0 saturated carbocycles. The first-order valence-corrected chi connectivity index (χ1v) is 7.65. The Balaban J connectivity index is 1.64. The highest BCUT2D eigenvalue weighted by atomic mass is 16.2. The van der Waals surface area contributed by atoms with Crippen molar-refractivity contribution in [1.29, 1.82) is 0 Å². The summed E-state index contributed by atoms with van der Waals surface area (Å²) in [5.74, 6) is 0.613. The summed E-state index contributed by atoms with van der Waals surface area (Å²) < 4.78 is 0. The molecule has 120 valence electrons. The molecule has 1 amide bonds. The smallest absolute Gasteiger partial charge is 0.272 e. The fourth-order valence-electron chi connectivity index (χ4n) is 2.44. The van der Waals surface area contributed by atoms with Crippen LogP contribution in [0.5, 0.6) is 0 Å². The van der Waals surface area contributed by atoms with Gasteiger partial charge in [-0.1, -0.05) is 0 Å². The molecule has 0 radical (unpaired) electrons. The molecule has 23 heavy (non-hydrogen) atoms. The molecule has 0 spiro atoms. The molecular formula is C16H20N6O. The number of hydrogen-bond acceptors (Lipinski definition) is 6. The molecule has 1 saturated heterocycles. The SMILES string of the molecule is CN1CCN(C(=O)c2cc(NCc3ccncc3)ncn2)CC1. The molecule has 3 heterocycles. The quantitative estimate of drug-likeness (QED) is 0.903. The van der Waals surface area contributed by atoms with E-state index in [1.807, 2.05) is 17.0 Å². The maximum absolute atomic E-state index is 12.5. The lowest BCUT2D eigenvalue weighted by Crippen LogP contribution is -2.47. The molecule has 2 aromatic heterocycles. The van der Waals surface area contributed by atoms with E-state index in [2.05, 4.69) is 32.2 Å². The molecule has 3 rings (SSSR count). The lowest BCUT2D eigenvalue weighted by molar-refractivity contribution is 0.0658. The third kappa shape index (κ3) is 4.01. The van der Waals surface area contributed by atoms with Crippen LogP contribution in [0.1, 0.15) is 16.1 Å². The lowest BCUT2D eigenvalue weighted by atomic mass is 10.2. The van der Waals surface area contributed by atoms with Gasteiger partial charge in [0, 0.05) is 51.2 Å². The summed E-state index contributed by atoms with van der Waals surface area (Å²) in [5.41, 5.74) is 1.53. The molecular weight excluding hydrogens is 292 g/mol. The average molecular weight is 312 g/mol. The van der Waals surface area contributed by atoms with Crippen LogP contribution in [0.3, 0.4) is 0 Å². The number of amides is 1. The van der Waals surface area contributed by atoms with Gasteiger partial charge in [-0.3, -0.25) is 9.78 Å². The lowest BCUT2D eigenvalue weighted by Gasteiger charge is -2.32. The zero-order chi connectivity index (χ0) is 16.1. The number of anilines is 1. The highest BCUT2D eigenvalue weighted by Crippen LogP contribution is 2.10. The van der Waals surface area contributed by atoms with E-state index < -0.39 is 0 Å². The molecule has 1 aliphatic heterocycles. The molecule has 7 nitrogen and oxygen atoms in total. The van der Waals surface area contributed by atoms with Crippen molar-refractivity contribution in [3.8, 4) is 0 Å². The van der Waals surface area contributed by atoms with Gasteiger partial charge in [-0.15, -0.1) is 0 Å². The standard InChI is InChI=1S/C16H20N6O/c1-21-6-8-22(9-7-21)16(23)14-10-15(20-12-19-14)18-11-13-2-4-17-5-3-13/h2-5,10,12H,6-9,11H2,1H3,(H,18,19,20). The molecule has 1 aliphatic rings. The fraction of sp³-hybridized carbons (Fsp3) is 0.375. The van der Waals surface area contributed by atoms with E-state index in [-0.39, 0.29) is 5.91 Å². The first-order chi connectivity index (χ1) is 11.2. The Kier molecular flexibility index (Phi) is 4.77. The van der Waals surface area contributed by atoms with Crippen molar-refractivity contribution in [2.45, 2.75) is 6.54 Å². The van der Waals surface area contributed by atoms with Crippen LogP contribution >= 0.6 is 0 Å². The van der Waals surface area contributed by atoms with Gasteiger partial charge in [0.15, 0.2) is 0 Å². The molecule has 0 aromatic carbocycles. The van der Waals surface area contributed by atoms with E-state index in [0.717, 1.165) is 31.7 Å². The number of nitrogens with one attached hydrogen (secondary N) is 1. The van der Waals surface area contributed by atoms with Crippen molar-refractivity contribution in [2.24, 2.45) is 0 Å². The van der Waals surface area contributed by atoms with Crippen LogP contribution in [-0.4, -0.2) is 63.9 Å². The number of carbonyl (C=O) groups excluding carboxylic acids is 1. The third-order valence-corrected chi connectivity index (χ3v) is 3.90. The maximum Gasteiger partial charge on any atom is 0.272 e. The van der Waals surface area contributed by atoms with Crippen molar-refractivity contribution in [2.75, 3.05) is 38.5 Å².